The molecule has 3 rings (SSSR count). The zero-order chi connectivity index (χ0) is 17.2. The largest absolute Gasteiger partial charge is 0.484 e. The molecule has 1 fully saturated rings. The minimum atomic E-state index is -0.847. The van der Waals surface area contributed by atoms with E-state index in [1.807, 2.05) is 12.1 Å². The molecular formula is C19H25NO4. The lowest BCUT2D eigenvalue weighted by Crippen LogP contribution is -2.49. The lowest BCUT2D eigenvalue weighted by Gasteiger charge is -2.37. The number of likely N-dealkylation sites (tertiary alicyclic amines) is 1. The summed E-state index contributed by atoms with van der Waals surface area (Å²) in [5.41, 5.74) is 1.86. The van der Waals surface area contributed by atoms with E-state index in [-0.39, 0.29) is 19.1 Å². The molecular weight excluding hydrogens is 306 g/mol. The fraction of sp³-hybridized carbons (Fsp3) is 0.579. The zero-order valence-electron chi connectivity index (χ0n) is 14.2. The van der Waals surface area contributed by atoms with Crippen molar-refractivity contribution < 1.29 is 19.4 Å². The Morgan fingerprint density at radius 3 is 2.71 bits per heavy atom. The van der Waals surface area contributed by atoms with Crippen LogP contribution in [0.5, 0.6) is 5.75 Å². The van der Waals surface area contributed by atoms with Gasteiger partial charge in [-0.2, -0.15) is 0 Å². The molecule has 1 unspecified atom stereocenters. The van der Waals surface area contributed by atoms with Crippen molar-refractivity contribution in [3.05, 3.63) is 29.3 Å². The van der Waals surface area contributed by atoms with E-state index in [1.165, 1.54) is 24.0 Å². The predicted molar refractivity (Wildman–Crippen MR) is 90.1 cm³/mol. The number of piperidine rings is 1. The Morgan fingerprint density at radius 2 is 1.96 bits per heavy atom. The highest BCUT2D eigenvalue weighted by molar-refractivity contribution is 5.80. The molecule has 1 aromatic rings. The first-order valence-electron chi connectivity index (χ1n) is 8.74. The Morgan fingerprint density at radius 1 is 1.21 bits per heavy atom. The molecule has 0 spiro atoms. The Labute approximate surface area is 142 Å². The van der Waals surface area contributed by atoms with Gasteiger partial charge in [-0.1, -0.05) is 6.07 Å². The van der Waals surface area contributed by atoms with Crippen molar-refractivity contribution in [3.8, 4) is 5.75 Å². The molecule has 0 saturated carbocycles. The summed E-state index contributed by atoms with van der Waals surface area (Å²) >= 11 is 0. The van der Waals surface area contributed by atoms with E-state index in [0.717, 1.165) is 18.6 Å². The highest BCUT2D eigenvalue weighted by Gasteiger charge is 2.39. The Hall–Kier alpha value is -2.04. The van der Waals surface area contributed by atoms with Crippen LogP contribution in [0.15, 0.2) is 18.2 Å². The lowest BCUT2D eigenvalue weighted by molar-refractivity contribution is -0.153. The van der Waals surface area contributed by atoms with Gasteiger partial charge in [-0.05, 0) is 68.7 Å². The van der Waals surface area contributed by atoms with Gasteiger partial charge < -0.3 is 14.7 Å². The number of amides is 1. The van der Waals surface area contributed by atoms with Crippen LogP contribution in [-0.2, 0) is 22.4 Å². The average molecular weight is 331 g/mol. The third kappa shape index (κ3) is 3.55. The minimum Gasteiger partial charge on any atom is -0.484 e. The summed E-state index contributed by atoms with van der Waals surface area (Å²) < 4.78 is 5.68. The minimum absolute atomic E-state index is 0.0332. The van der Waals surface area contributed by atoms with Crippen molar-refractivity contribution in [2.75, 3.05) is 19.7 Å². The van der Waals surface area contributed by atoms with Crippen molar-refractivity contribution in [3.63, 3.8) is 0 Å². The van der Waals surface area contributed by atoms with E-state index < -0.39 is 11.4 Å². The van der Waals surface area contributed by atoms with Crippen LogP contribution in [0.2, 0.25) is 0 Å². The highest BCUT2D eigenvalue weighted by atomic mass is 16.5. The van der Waals surface area contributed by atoms with E-state index in [4.69, 9.17) is 4.74 Å². The van der Waals surface area contributed by atoms with Crippen LogP contribution >= 0.6 is 0 Å². The molecule has 5 heteroatoms. The van der Waals surface area contributed by atoms with Crippen LogP contribution in [0, 0.1) is 5.41 Å². The van der Waals surface area contributed by atoms with Crippen molar-refractivity contribution in [1.82, 2.24) is 4.90 Å². The average Bonchev–Trinajstić information content (AvgIpc) is 2.59. The van der Waals surface area contributed by atoms with E-state index in [2.05, 4.69) is 6.07 Å². The summed E-state index contributed by atoms with van der Waals surface area (Å²) in [6.07, 6.45) is 5.96. The van der Waals surface area contributed by atoms with Gasteiger partial charge in [0.25, 0.3) is 5.91 Å². The maximum atomic E-state index is 12.4. The summed E-state index contributed by atoms with van der Waals surface area (Å²) in [4.78, 5) is 25.4. The highest BCUT2D eigenvalue weighted by Crippen LogP contribution is 2.30. The van der Waals surface area contributed by atoms with Crippen LogP contribution in [0.25, 0.3) is 0 Å². The number of carboxylic acids is 1. The van der Waals surface area contributed by atoms with Gasteiger partial charge in [0, 0.05) is 13.1 Å². The van der Waals surface area contributed by atoms with Gasteiger partial charge in [-0.15, -0.1) is 0 Å². The molecule has 1 aliphatic heterocycles. The van der Waals surface area contributed by atoms with E-state index in [0.29, 0.717) is 19.4 Å². The summed E-state index contributed by atoms with van der Waals surface area (Å²) in [5.74, 6) is -0.252. The summed E-state index contributed by atoms with van der Waals surface area (Å²) in [6, 6.07) is 6.06. The van der Waals surface area contributed by atoms with Gasteiger partial charge in [0.15, 0.2) is 6.61 Å². The molecule has 2 aliphatic rings. The number of hydrogen-bond donors (Lipinski definition) is 1. The molecule has 0 aromatic heterocycles. The summed E-state index contributed by atoms with van der Waals surface area (Å²) in [5, 5.41) is 9.35. The molecule has 1 atom stereocenters. The topological polar surface area (TPSA) is 66.8 Å². The van der Waals surface area contributed by atoms with Crippen molar-refractivity contribution in [2.24, 2.45) is 5.41 Å². The van der Waals surface area contributed by atoms with Crippen LogP contribution in [0.4, 0.5) is 0 Å². The number of carbonyl (C=O) groups excluding carboxylic acids is 1. The molecule has 1 aliphatic carbocycles. The van der Waals surface area contributed by atoms with Gasteiger partial charge in [0.1, 0.15) is 5.75 Å². The summed E-state index contributed by atoms with van der Waals surface area (Å²) in [6.45, 7) is 2.54. The summed E-state index contributed by atoms with van der Waals surface area (Å²) in [7, 11) is 0. The maximum Gasteiger partial charge on any atom is 0.311 e. The second-order valence-corrected chi connectivity index (χ2v) is 7.21. The second-order valence-electron chi connectivity index (χ2n) is 7.21. The fourth-order valence-electron chi connectivity index (χ4n) is 3.66. The smallest absolute Gasteiger partial charge is 0.311 e. The number of carbonyl (C=O) groups is 2. The number of ether oxygens (including phenoxy) is 1. The van der Waals surface area contributed by atoms with E-state index in [9.17, 15) is 14.7 Å². The second kappa shape index (κ2) is 6.83. The van der Waals surface area contributed by atoms with Gasteiger partial charge in [0.2, 0.25) is 0 Å². The Bertz CT molecular complexity index is 642. The number of aryl methyl sites for hydroxylation is 2. The first-order valence-corrected chi connectivity index (χ1v) is 8.74. The first kappa shape index (κ1) is 16.8. The number of hydrogen-bond acceptors (Lipinski definition) is 3. The van der Waals surface area contributed by atoms with Crippen LogP contribution in [0.3, 0.4) is 0 Å². The zero-order valence-corrected chi connectivity index (χ0v) is 14.2. The number of rotatable bonds is 4. The molecule has 1 saturated heterocycles. The third-order valence-corrected chi connectivity index (χ3v) is 5.25. The fourth-order valence-corrected chi connectivity index (χ4v) is 3.66. The maximum absolute atomic E-state index is 12.4. The molecule has 1 N–H and O–H groups in total. The third-order valence-electron chi connectivity index (χ3n) is 5.25. The van der Waals surface area contributed by atoms with E-state index >= 15 is 0 Å². The van der Waals surface area contributed by atoms with Crippen LogP contribution < -0.4 is 4.74 Å². The molecule has 0 radical (unpaired) electrons. The van der Waals surface area contributed by atoms with E-state index in [1.54, 1.807) is 11.8 Å². The van der Waals surface area contributed by atoms with Crippen LogP contribution in [0.1, 0.15) is 43.7 Å². The van der Waals surface area contributed by atoms with Gasteiger partial charge in [-0.3, -0.25) is 9.59 Å². The van der Waals surface area contributed by atoms with Crippen molar-refractivity contribution in [2.45, 2.75) is 45.4 Å². The van der Waals surface area contributed by atoms with Gasteiger partial charge in [-0.25, -0.2) is 0 Å². The molecule has 1 aromatic carbocycles. The number of carboxylic acid groups (broad SMARTS) is 1. The quantitative estimate of drug-likeness (QED) is 0.921. The molecule has 1 amide bonds. The number of fused-ring (bicyclic) bond motifs is 1. The molecule has 130 valence electrons. The number of nitrogens with zero attached hydrogens (tertiary/aromatic N) is 1. The lowest BCUT2D eigenvalue weighted by atomic mass is 9.82. The normalized spacial score (nSPS) is 23.5. The molecule has 24 heavy (non-hydrogen) atoms. The van der Waals surface area contributed by atoms with Crippen molar-refractivity contribution >= 4 is 11.9 Å². The molecule has 5 nitrogen and oxygen atoms in total. The molecule has 0 bridgehead atoms. The first-order chi connectivity index (χ1) is 11.5. The van der Waals surface area contributed by atoms with Gasteiger partial charge in [0.05, 0.1) is 5.41 Å². The predicted octanol–water partition coefficient (Wildman–Crippen LogP) is 2.66. The monoisotopic (exact) mass is 331 g/mol. The molecule has 1 heterocycles. The SMILES string of the molecule is CC1(C(=O)O)CCCN(C(=O)COc2ccc3c(c2)CCCC3)C1. The van der Waals surface area contributed by atoms with Crippen molar-refractivity contribution in [1.29, 1.82) is 0 Å². The number of aliphatic carboxylic acids is 1. The van der Waals surface area contributed by atoms with Crippen LogP contribution in [-0.4, -0.2) is 41.6 Å². The number of benzene rings is 1. The van der Waals surface area contributed by atoms with Gasteiger partial charge >= 0.3 is 5.97 Å². The Kier molecular flexibility index (Phi) is 4.78. The Balaban J connectivity index is 1.58. The standard InChI is InChI=1S/C19H25NO4/c1-19(18(22)23)9-4-10-20(13-19)17(21)12-24-16-8-7-14-5-2-3-6-15(14)11-16/h7-8,11H,2-6,9-10,12-13H2,1H3,(H,22,23).